The Morgan fingerprint density at radius 2 is 2.41 bits per heavy atom. The Hall–Kier alpha value is -0.290. The van der Waals surface area contributed by atoms with E-state index >= 15 is 0 Å². The van der Waals surface area contributed by atoms with Crippen molar-refractivity contribution in [3.63, 3.8) is 0 Å². The number of halogens is 2. The van der Waals surface area contributed by atoms with Crippen molar-refractivity contribution in [3.8, 4) is 0 Å². The van der Waals surface area contributed by atoms with Crippen LogP contribution < -0.4 is 5.32 Å². The first kappa shape index (κ1) is 13.1. The van der Waals surface area contributed by atoms with Gasteiger partial charge in [-0.25, -0.2) is 0 Å². The van der Waals surface area contributed by atoms with E-state index in [1.54, 1.807) is 6.07 Å². The van der Waals surface area contributed by atoms with Crippen molar-refractivity contribution in [3.05, 3.63) is 20.3 Å². The van der Waals surface area contributed by atoms with Crippen LogP contribution in [0.1, 0.15) is 23.7 Å². The van der Waals surface area contributed by atoms with Crippen molar-refractivity contribution >= 4 is 40.4 Å². The second-order valence-corrected chi connectivity index (χ2v) is 6.26. The molecule has 1 N–H and O–H groups in total. The Morgan fingerprint density at radius 3 is 2.88 bits per heavy atom. The van der Waals surface area contributed by atoms with E-state index in [1.165, 1.54) is 11.3 Å². The number of hydrogen-bond donors (Lipinski definition) is 1. The maximum absolute atomic E-state index is 12.4. The Labute approximate surface area is 115 Å². The molecule has 3 nitrogen and oxygen atoms in total. The first-order chi connectivity index (χ1) is 8.13. The highest BCUT2D eigenvalue weighted by atomic mass is 35.5. The molecule has 1 aliphatic rings. The van der Waals surface area contributed by atoms with Gasteiger partial charge in [-0.05, 0) is 26.0 Å². The predicted molar refractivity (Wildman–Crippen MR) is 72.3 cm³/mol. The van der Waals surface area contributed by atoms with Gasteiger partial charge in [0, 0.05) is 19.1 Å². The monoisotopic (exact) mass is 292 g/mol. The fourth-order valence-electron chi connectivity index (χ4n) is 2.11. The first-order valence-corrected chi connectivity index (χ1v) is 7.17. The van der Waals surface area contributed by atoms with E-state index in [4.69, 9.17) is 23.2 Å². The molecule has 1 aromatic heterocycles. The average Bonchev–Trinajstić information content (AvgIpc) is 2.89. The van der Waals surface area contributed by atoms with Gasteiger partial charge in [0.2, 0.25) is 0 Å². The second kappa shape index (κ2) is 5.57. The summed E-state index contributed by atoms with van der Waals surface area (Å²) in [7, 11) is 0. The molecule has 0 aromatic carbocycles. The summed E-state index contributed by atoms with van der Waals surface area (Å²) >= 11 is 13.1. The lowest BCUT2D eigenvalue weighted by Gasteiger charge is -2.26. The van der Waals surface area contributed by atoms with Crippen LogP contribution in [0.5, 0.6) is 0 Å². The van der Waals surface area contributed by atoms with Crippen LogP contribution in [0.3, 0.4) is 0 Å². The van der Waals surface area contributed by atoms with Gasteiger partial charge in [-0.2, -0.15) is 0 Å². The highest BCUT2D eigenvalue weighted by Crippen LogP contribution is 2.32. The summed E-state index contributed by atoms with van der Waals surface area (Å²) in [5.41, 5.74) is 0.524. The zero-order valence-electron chi connectivity index (χ0n) is 9.50. The topological polar surface area (TPSA) is 32.3 Å². The number of carbonyl (C=O) groups is 1. The molecule has 6 heteroatoms. The Kier molecular flexibility index (Phi) is 4.31. The lowest BCUT2D eigenvalue weighted by molar-refractivity contribution is 0.0704. The normalized spacial score (nSPS) is 19.6. The molecule has 0 spiro atoms. The summed E-state index contributed by atoms with van der Waals surface area (Å²) in [6.07, 6.45) is 0.995. The second-order valence-electron chi connectivity index (χ2n) is 3.98. The summed E-state index contributed by atoms with van der Waals surface area (Å²) in [6.45, 7) is 4.49. The van der Waals surface area contributed by atoms with Gasteiger partial charge in [0.05, 0.1) is 9.90 Å². The SMILES string of the molecule is CCN(C(=O)c1cc(Cl)sc1Cl)C1CCNC1. The maximum atomic E-state index is 12.4. The largest absolute Gasteiger partial charge is 0.335 e. The van der Waals surface area contributed by atoms with Crippen LogP contribution in [0, 0.1) is 0 Å². The summed E-state index contributed by atoms with van der Waals surface area (Å²) in [4.78, 5) is 14.2. The Bertz CT molecular complexity index is 416. The lowest BCUT2D eigenvalue weighted by atomic mass is 10.2. The molecule has 1 amide bonds. The van der Waals surface area contributed by atoms with Crippen LogP contribution in [0.4, 0.5) is 0 Å². The van der Waals surface area contributed by atoms with Crippen molar-refractivity contribution < 1.29 is 4.79 Å². The van der Waals surface area contributed by atoms with E-state index in [0.29, 0.717) is 20.8 Å². The van der Waals surface area contributed by atoms with E-state index in [-0.39, 0.29) is 11.9 Å². The van der Waals surface area contributed by atoms with Crippen molar-refractivity contribution in [1.29, 1.82) is 0 Å². The highest BCUT2D eigenvalue weighted by Gasteiger charge is 2.27. The van der Waals surface area contributed by atoms with Crippen LogP contribution >= 0.6 is 34.5 Å². The summed E-state index contributed by atoms with van der Waals surface area (Å²) in [6, 6.07) is 1.92. The first-order valence-electron chi connectivity index (χ1n) is 5.60. The zero-order valence-corrected chi connectivity index (χ0v) is 11.8. The third-order valence-electron chi connectivity index (χ3n) is 2.96. The van der Waals surface area contributed by atoms with Gasteiger partial charge in [-0.1, -0.05) is 23.2 Å². The molecule has 0 saturated carbocycles. The average molecular weight is 293 g/mol. The summed E-state index contributed by atoms with van der Waals surface area (Å²) < 4.78 is 1.03. The molecule has 2 heterocycles. The molecule has 17 heavy (non-hydrogen) atoms. The molecule has 2 rings (SSSR count). The molecular formula is C11H14Cl2N2OS. The van der Waals surface area contributed by atoms with E-state index < -0.39 is 0 Å². The van der Waals surface area contributed by atoms with Gasteiger partial charge >= 0.3 is 0 Å². The molecular weight excluding hydrogens is 279 g/mol. The van der Waals surface area contributed by atoms with Crippen LogP contribution in [0.25, 0.3) is 0 Å². The van der Waals surface area contributed by atoms with Gasteiger partial charge in [-0.15, -0.1) is 11.3 Å². The number of amides is 1. The lowest BCUT2D eigenvalue weighted by Crippen LogP contribution is -2.41. The maximum Gasteiger partial charge on any atom is 0.256 e. The molecule has 0 aliphatic carbocycles. The van der Waals surface area contributed by atoms with Gasteiger partial charge in [0.1, 0.15) is 4.34 Å². The van der Waals surface area contributed by atoms with Crippen LogP contribution in [0.15, 0.2) is 6.07 Å². The zero-order chi connectivity index (χ0) is 12.4. The van der Waals surface area contributed by atoms with E-state index in [2.05, 4.69) is 5.32 Å². The fourth-order valence-corrected chi connectivity index (χ4v) is 3.56. The number of carbonyl (C=O) groups excluding carboxylic acids is 1. The van der Waals surface area contributed by atoms with E-state index in [9.17, 15) is 4.79 Å². The Morgan fingerprint density at radius 1 is 1.65 bits per heavy atom. The summed E-state index contributed by atoms with van der Waals surface area (Å²) in [5.74, 6) is -0.0191. The number of nitrogens with one attached hydrogen (secondary N) is 1. The molecule has 94 valence electrons. The van der Waals surface area contributed by atoms with Gasteiger partial charge in [-0.3, -0.25) is 4.79 Å². The molecule has 1 saturated heterocycles. The third kappa shape index (κ3) is 2.76. The van der Waals surface area contributed by atoms with Crippen molar-refractivity contribution in [1.82, 2.24) is 10.2 Å². The smallest absolute Gasteiger partial charge is 0.256 e. The van der Waals surface area contributed by atoms with Crippen LogP contribution in [-0.2, 0) is 0 Å². The van der Waals surface area contributed by atoms with Gasteiger partial charge in [0.25, 0.3) is 5.91 Å². The van der Waals surface area contributed by atoms with Crippen molar-refractivity contribution in [2.45, 2.75) is 19.4 Å². The molecule has 0 bridgehead atoms. The molecule has 1 atom stereocenters. The van der Waals surface area contributed by atoms with Crippen LogP contribution in [0.2, 0.25) is 8.67 Å². The minimum atomic E-state index is -0.0191. The quantitative estimate of drug-likeness (QED) is 0.929. The van der Waals surface area contributed by atoms with Gasteiger partial charge < -0.3 is 10.2 Å². The predicted octanol–water partition coefficient (Wildman–Crippen LogP) is 2.88. The highest BCUT2D eigenvalue weighted by molar-refractivity contribution is 7.20. The Balaban J connectivity index is 2.19. The molecule has 1 aliphatic heterocycles. The molecule has 0 radical (unpaired) electrons. The van der Waals surface area contributed by atoms with Crippen LogP contribution in [-0.4, -0.2) is 36.5 Å². The molecule has 1 aromatic rings. The van der Waals surface area contributed by atoms with Gasteiger partial charge in [0.15, 0.2) is 0 Å². The number of thiophene rings is 1. The third-order valence-corrected chi connectivity index (χ3v) is 4.45. The number of rotatable bonds is 3. The minimum Gasteiger partial charge on any atom is -0.335 e. The minimum absolute atomic E-state index is 0.0191. The van der Waals surface area contributed by atoms with Crippen molar-refractivity contribution in [2.24, 2.45) is 0 Å². The number of likely N-dealkylation sites (N-methyl/N-ethyl adjacent to an activating group) is 1. The molecule has 1 unspecified atom stereocenters. The standard InChI is InChI=1S/C11H14Cl2N2OS/c1-2-15(7-3-4-14-6-7)11(16)8-5-9(12)17-10(8)13/h5,7,14H,2-4,6H2,1H3. The van der Waals surface area contributed by atoms with E-state index in [0.717, 1.165) is 19.5 Å². The number of hydrogen-bond acceptors (Lipinski definition) is 3. The number of nitrogens with zero attached hydrogens (tertiary/aromatic N) is 1. The molecule has 1 fully saturated rings. The fraction of sp³-hybridized carbons (Fsp3) is 0.545. The summed E-state index contributed by atoms with van der Waals surface area (Å²) in [5, 5.41) is 3.26. The van der Waals surface area contributed by atoms with E-state index in [1.807, 2.05) is 11.8 Å². The van der Waals surface area contributed by atoms with Crippen molar-refractivity contribution in [2.75, 3.05) is 19.6 Å².